The zero-order chi connectivity index (χ0) is 17.0. The largest absolute Gasteiger partial charge is 0.294 e. The van der Waals surface area contributed by atoms with Gasteiger partial charge in [-0.2, -0.15) is 0 Å². The van der Waals surface area contributed by atoms with E-state index in [9.17, 15) is 9.00 Å². The van der Waals surface area contributed by atoms with Gasteiger partial charge in [-0.25, -0.2) is 0 Å². The summed E-state index contributed by atoms with van der Waals surface area (Å²) < 4.78 is 12.3. The van der Waals surface area contributed by atoms with Gasteiger partial charge in [-0.1, -0.05) is 48.5 Å². The number of hydrogen-bond acceptors (Lipinski definition) is 2. The van der Waals surface area contributed by atoms with E-state index in [1.54, 1.807) is 0 Å². The van der Waals surface area contributed by atoms with Crippen molar-refractivity contribution >= 4 is 38.1 Å². The van der Waals surface area contributed by atoms with Crippen molar-refractivity contribution in [2.24, 2.45) is 5.92 Å². The van der Waals surface area contributed by atoms with Crippen molar-refractivity contribution in [3.05, 3.63) is 60.2 Å². The van der Waals surface area contributed by atoms with Gasteiger partial charge in [0.15, 0.2) is 5.78 Å². The third-order valence-electron chi connectivity index (χ3n) is 5.95. The molecule has 2 bridgehead atoms. The van der Waals surface area contributed by atoms with Gasteiger partial charge in [0.1, 0.15) is 0 Å². The van der Waals surface area contributed by atoms with Gasteiger partial charge in [-0.15, -0.1) is 0 Å². The van der Waals surface area contributed by atoms with E-state index < -0.39 is 10.8 Å². The highest BCUT2D eigenvalue weighted by atomic mass is 32.2. The van der Waals surface area contributed by atoms with Crippen LogP contribution in [0.2, 0.25) is 0 Å². The van der Waals surface area contributed by atoms with Gasteiger partial charge in [0.05, 0.1) is 0 Å². The predicted octanol–water partition coefficient (Wildman–Crippen LogP) is 4.87. The first-order valence-electron chi connectivity index (χ1n) is 9.06. The second-order valence-electron chi connectivity index (χ2n) is 7.38. The second-order valence-corrected chi connectivity index (χ2v) is 9.37. The van der Waals surface area contributed by atoms with E-state index in [0.717, 1.165) is 52.8 Å². The average Bonchev–Trinajstić information content (AvgIpc) is 2.85. The zero-order valence-corrected chi connectivity index (χ0v) is 14.8. The van der Waals surface area contributed by atoms with Crippen LogP contribution in [0.1, 0.15) is 36.0 Å². The molecule has 2 nitrogen and oxygen atoms in total. The lowest BCUT2D eigenvalue weighted by atomic mass is 9.85. The average molecular weight is 348 g/mol. The molecule has 25 heavy (non-hydrogen) atoms. The molecule has 5 rings (SSSR count). The quantitative estimate of drug-likeness (QED) is 0.489. The summed E-state index contributed by atoms with van der Waals surface area (Å²) >= 11 is 0. The number of rotatable bonds is 2. The molecule has 126 valence electrons. The first-order valence-corrected chi connectivity index (χ1v) is 10.3. The number of Topliss-reactive ketones (excluding diaryl/α,β-unsaturated/α-hetero) is 1. The molecule has 0 aromatic heterocycles. The summed E-state index contributed by atoms with van der Waals surface area (Å²) in [7, 11) is -0.719. The number of ketones is 1. The molecular formula is C22H20O2S. The molecule has 0 N–H and O–H groups in total. The lowest BCUT2D eigenvalue weighted by Gasteiger charge is -2.27. The van der Waals surface area contributed by atoms with E-state index in [2.05, 4.69) is 30.3 Å². The van der Waals surface area contributed by atoms with Crippen LogP contribution >= 0.6 is 0 Å². The van der Waals surface area contributed by atoms with Crippen molar-refractivity contribution in [1.82, 2.24) is 0 Å². The molecule has 3 heteroatoms. The fraction of sp³-hybridized carbons (Fsp3) is 0.318. The van der Waals surface area contributed by atoms with Crippen molar-refractivity contribution < 1.29 is 9.00 Å². The van der Waals surface area contributed by atoms with Crippen LogP contribution in [0.4, 0.5) is 0 Å². The van der Waals surface area contributed by atoms with Crippen molar-refractivity contribution in [3.63, 3.8) is 0 Å². The number of carbonyl (C=O) groups excluding carboxylic acids is 1. The van der Waals surface area contributed by atoms with Crippen LogP contribution in [0.15, 0.2) is 54.6 Å². The SMILES string of the molecule is O=C(c1c2ccccc2cc2ccccc12)C1CC2CCC(C1)S2=O. The normalized spacial score (nSPS) is 28.5. The monoisotopic (exact) mass is 348 g/mol. The number of hydrogen-bond donors (Lipinski definition) is 0. The standard InChI is InChI=1S/C22H20O2S/c23-22(16-12-17-9-10-18(13-16)25(17)24)21-19-7-3-1-5-14(19)11-15-6-2-4-8-20(15)21/h1-8,11,16-18H,9-10,12-13H2. The van der Waals surface area contributed by atoms with Crippen LogP contribution in [0.5, 0.6) is 0 Å². The van der Waals surface area contributed by atoms with Gasteiger partial charge in [0.25, 0.3) is 0 Å². The van der Waals surface area contributed by atoms with E-state index >= 15 is 0 Å². The Morgan fingerprint density at radius 2 is 1.36 bits per heavy atom. The minimum atomic E-state index is -0.719. The topological polar surface area (TPSA) is 34.1 Å². The van der Waals surface area contributed by atoms with E-state index in [4.69, 9.17) is 0 Å². The molecular weight excluding hydrogens is 328 g/mol. The summed E-state index contributed by atoms with van der Waals surface area (Å²) in [6.45, 7) is 0. The van der Waals surface area contributed by atoms with Crippen LogP contribution in [-0.2, 0) is 10.8 Å². The number of fused-ring (bicyclic) bond motifs is 4. The molecule has 2 fully saturated rings. The minimum absolute atomic E-state index is 0.0180. The highest BCUT2D eigenvalue weighted by Crippen LogP contribution is 2.41. The van der Waals surface area contributed by atoms with Crippen LogP contribution in [-0.4, -0.2) is 20.5 Å². The van der Waals surface area contributed by atoms with Crippen molar-refractivity contribution in [1.29, 1.82) is 0 Å². The molecule has 0 spiro atoms. The van der Waals surface area contributed by atoms with Crippen LogP contribution in [0.3, 0.4) is 0 Å². The van der Waals surface area contributed by atoms with Gasteiger partial charge in [0.2, 0.25) is 0 Å². The highest BCUT2D eigenvalue weighted by Gasteiger charge is 2.43. The van der Waals surface area contributed by atoms with Gasteiger partial charge in [-0.05, 0) is 53.3 Å². The fourth-order valence-electron chi connectivity index (χ4n) is 4.73. The zero-order valence-electron chi connectivity index (χ0n) is 14.0. The number of benzene rings is 3. The van der Waals surface area contributed by atoms with E-state index in [1.807, 2.05) is 24.3 Å². The number of carbonyl (C=O) groups is 1. The summed E-state index contributed by atoms with van der Waals surface area (Å²) in [6, 6.07) is 18.5. The third-order valence-corrected chi connectivity index (χ3v) is 8.12. The van der Waals surface area contributed by atoms with Gasteiger partial charge in [-0.3, -0.25) is 9.00 Å². The Kier molecular flexibility index (Phi) is 3.53. The van der Waals surface area contributed by atoms with Crippen LogP contribution in [0, 0.1) is 5.92 Å². The molecule has 2 heterocycles. The summed E-state index contributed by atoms with van der Waals surface area (Å²) in [4.78, 5) is 13.6. The van der Waals surface area contributed by atoms with Gasteiger partial charge >= 0.3 is 0 Å². The Hall–Kier alpha value is -2.00. The predicted molar refractivity (Wildman–Crippen MR) is 103 cm³/mol. The molecule has 2 aliphatic rings. The minimum Gasteiger partial charge on any atom is -0.294 e. The maximum Gasteiger partial charge on any atom is 0.167 e. The van der Waals surface area contributed by atoms with Crippen molar-refractivity contribution in [2.45, 2.75) is 36.2 Å². The van der Waals surface area contributed by atoms with Crippen molar-refractivity contribution in [3.8, 4) is 0 Å². The van der Waals surface area contributed by atoms with E-state index in [-0.39, 0.29) is 22.2 Å². The summed E-state index contributed by atoms with van der Waals surface area (Å²) in [5, 5.41) is 4.79. The highest BCUT2D eigenvalue weighted by molar-refractivity contribution is 7.86. The molecule has 0 saturated carbocycles. The smallest absolute Gasteiger partial charge is 0.167 e. The molecule has 0 aliphatic carbocycles. The maximum atomic E-state index is 13.6. The van der Waals surface area contributed by atoms with Crippen molar-refractivity contribution in [2.75, 3.05) is 0 Å². The van der Waals surface area contributed by atoms with Gasteiger partial charge in [0, 0.05) is 32.8 Å². The summed E-state index contributed by atoms with van der Waals surface area (Å²) in [5.74, 6) is 0.269. The Labute approximate surface area is 149 Å². The molecule has 2 atom stereocenters. The Bertz CT molecular complexity index is 953. The molecule has 0 amide bonds. The fourth-order valence-corrected chi connectivity index (χ4v) is 6.85. The molecule has 3 aromatic rings. The first-order chi connectivity index (χ1) is 12.2. The van der Waals surface area contributed by atoms with Crippen LogP contribution in [0.25, 0.3) is 21.5 Å². The van der Waals surface area contributed by atoms with E-state index in [1.165, 1.54) is 0 Å². The molecule has 2 aliphatic heterocycles. The Morgan fingerprint density at radius 3 is 1.92 bits per heavy atom. The Balaban J connectivity index is 1.68. The lowest BCUT2D eigenvalue weighted by molar-refractivity contribution is 0.0909. The molecule has 2 saturated heterocycles. The lowest BCUT2D eigenvalue weighted by Crippen LogP contribution is -2.32. The molecule has 0 radical (unpaired) electrons. The summed E-state index contributed by atoms with van der Waals surface area (Å²) in [5.41, 5.74) is 0.866. The second kappa shape index (κ2) is 5.77. The van der Waals surface area contributed by atoms with Crippen LogP contribution < -0.4 is 0 Å². The third kappa shape index (κ3) is 2.36. The molecule has 2 unspecified atom stereocenters. The van der Waals surface area contributed by atoms with Gasteiger partial charge < -0.3 is 0 Å². The first kappa shape index (κ1) is 15.3. The maximum absolute atomic E-state index is 13.6. The molecule has 3 aromatic carbocycles. The summed E-state index contributed by atoms with van der Waals surface area (Å²) in [6.07, 6.45) is 3.63. The van der Waals surface area contributed by atoms with E-state index in [0.29, 0.717) is 0 Å². The Morgan fingerprint density at radius 1 is 0.840 bits per heavy atom.